The van der Waals surface area contributed by atoms with E-state index in [1.807, 2.05) is 0 Å². The molecule has 28 heavy (non-hydrogen) atoms. The number of carbonyl (C=O) groups excluding carboxylic acids is 1. The number of aromatic nitrogens is 4. The first-order chi connectivity index (χ1) is 13.6. The molecule has 0 unspecified atom stereocenters. The molecule has 0 atom stereocenters. The summed E-state index contributed by atoms with van der Waals surface area (Å²) in [6.45, 7) is 0. The number of aromatic amines is 1. The molecular weight excluding hydrogens is 400 g/mol. The highest BCUT2D eigenvalue weighted by molar-refractivity contribution is 7.99. The van der Waals surface area contributed by atoms with Crippen LogP contribution in [0.1, 0.15) is 44.4 Å². The summed E-state index contributed by atoms with van der Waals surface area (Å²) in [5.74, 6) is 1.75. The molecule has 0 bridgehead atoms. The molecule has 9 nitrogen and oxygen atoms in total. The number of nitrogens with one attached hydrogen (secondary N) is 2. The number of rotatable bonds is 9. The van der Waals surface area contributed by atoms with E-state index in [0.717, 1.165) is 25.0 Å². The van der Waals surface area contributed by atoms with Crippen molar-refractivity contribution in [1.82, 2.24) is 25.5 Å². The Kier molecular flexibility index (Phi) is 7.78. The number of aryl methyl sites for hydroxylation is 1. The van der Waals surface area contributed by atoms with Gasteiger partial charge in [-0.25, -0.2) is 4.98 Å². The van der Waals surface area contributed by atoms with E-state index in [0.29, 0.717) is 28.7 Å². The number of nitrogens with zero attached hydrogens (tertiary/aromatic N) is 3. The lowest BCUT2D eigenvalue weighted by molar-refractivity contribution is -0.119. The van der Waals surface area contributed by atoms with Crippen LogP contribution >= 0.6 is 23.5 Å². The van der Waals surface area contributed by atoms with Crippen molar-refractivity contribution in [3.05, 3.63) is 22.3 Å². The molecule has 1 aliphatic rings. The maximum Gasteiger partial charge on any atom is 0.277 e. The third kappa shape index (κ3) is 6.86. The van der Waals surface area contributed by atoms with Crippen LogP contribution in [0.5, 0.6) is 0 Å². The van der Waals surface area contributed by atoms with Crippen molar-refractivity contribution < 1.29 is 9.21 Å². The van der Waals surface area contributed by atoms with Crippen molar-refractivity contribution in [2.75, 3.05) is 17.2 Å². The van der Waals surface area contributed by atoms with Gasteiger partial charge >= 0.3 is 0 Å². The van der Waals surface area contributed by atoms with Gasteiger partial charge in [0.1, 0.15) is 5.82 Å². The van der Waals surface area contributed by atoms with Crippen LogP contribution in [0, 0.1) is 0 Å². The van der Waals surface area contributed by atoms with Gasteiger partial charge in [-0.2, -0.15) is 0 Å². The molecule has 1 amide bonds. The van der Waals surface area contributed by atoms with E-state index in [1.54, 1.807) is 0 Å². The van der Waals surface area contributed by atoms with Gasteiger partial charge in [-0.15, -0.1) is 10.2 Å². The van der Waals surface area contributed by atoms with Crippen molar-refractivity contribution in [2.45, 2.75) is 61.4 Å². The average molecular weight is 425 g/mol. The molecule has 1 saturated carbocycles. The zero-order chi connectivity index (χ0) is 19.8. The molecular formula is C17H24N6O3S2. The summed E-state index contributed by atoms with van der Waals surface area (Å²) in [7, 11) is 0. The number of thioether (sulfide) groups is 2. The minimum Gasteiger partial charge on any atom is -0.416 e. The van der Waals surface area contributed by atoms with Crippen molar-refractivity contribution in [2.24, 2.45) is 0 Å². The minimum absolute atomic E-state index is 0.0108. The minimum atomic E-state index is -0.263. The highest BCUT2D eigenvalue weighted by Crippen LogP contribution is 2.20. The molecule has 0 aliphatic heterocycles. The van der Waals surface area contributed by atoms with Crippen LogP contribution in [0.3, 0.4) is 0 Å². The molecule has 0 saturated heterocycles. The number of hydrogen-bond acceptors (Lipinski definition) is 9. The van der Waals surface area contributed by atoms with Crippen molar-refractivity contribution in [3.8, 4) is 0 Å². The molecule has 1 aliphatic carbocycles. The van der Waals surface area contributed by atoms with Gasteiger partial charge in [-0.3, -0.25) is 9.59 Å². The van der Waals surface area contributed by atoms with Gasteiger partial charge in [0.25, 0.3) is 10.8 Å². The van der Waals surface area contributed by atoms with Gasteiger partial charge in [0, 0.05) is 24.3 Å². The fourth-order valence-electron chi connectivity index (χ4n) is 2.95. The van der Waals surface area contributed by atoms with E-state index in [-0.39, 0.29) is 23.0 Å². The number of nitrogen functional groups attached to an aromatic ring is 1. The first-order valence-electron chi connectivity index (χ1n) is 9.32. The van der Waals surface area contributed by atoms with Gasteiger partial charge < -0.3 is 20.5 Å². The Bertz CT molecular complexity index is 834. The summed E-state index contributed by atoms with van der Waals surface area (Å²) >= 11 is 2.67. The summed E-state index contributed by atoms with van der Waals surface area (Å²) in [5, 5.41) is 12.0. The molecule has 2 aromatic heterocycles. The fourth-order valence-corrected chi connectivity index (χ4v) is 4.37. The summed E-state index contributed by atoms with van der Waals surface area (Å²) < 4.78 is 5.57. The van der Waals surface area contributed by atoms with E-state index >= 15 is 0 Å². The zero-order valence-electron chi connectivity index (χ0n) is 15.5. The van der Waals surface area contributed by atoms with Gasteiger partial charge in [-0.05, 0) is 19.3 Å². The summed E-state index contributed by atoms with van der Waals surface area (Å²) in [5.41, 5.74) is 5.29. The standard InChI is InChI=1S/C17H24N6O3S2/c18-12-9-13(24)21-16(20-12)27-8-4-7-15-22-23-17(26-15)28-10-14(25)19-11-5-2-1-3-6-11/h9,11H,1-8,10H2,(H,19,25)(H3,18,20,21,24). The van der Waals surface area contributed by atoms with Crippen LogP contribution in [0.4, 0.5) is 5.82 Å². The second kappa shape index (κ2) is 10.5. The Morgan fingerprint density at radius 3 is 2.89 bits per heavy atom. The quantitative estimate of drug-likeness (QED) is 0.313. The zero-order valence-corrected chi connectivity index (χ0v) is 17.1. The summed E-state index contributed by atoms with van der Waals surface area (Å²) in [6, 6.07) is 1.55. The topological polar surface area (TPSA) is 140 Å². The molecule has 152 valence electrons. The number of amides is 1. The van der Waals surface area contributed by atoms with E-state index in [2.05, 4.69) is 25.5 Å². The largest absolute Gasteiger partial charge is 0.416 e. The van der Waals surface area contributed by atoms with Crippen LogP contribution in [0.2, 0.25) is 0 Å². The van der Waals surface area contributed by atoms with Gasteiger partial charge in [-0.1, -0.05) is 42.8 Å². The van der Waals surface area contributed by atoms with Gasteiger partial charge in [0.2, 0.25) is 11.8 Å². The van der Waals surface area contributed by atoms with E-state index < -0.39 is 0 Å². The fraction of sp³-hybridized carbons (Fsp3) is 0.588. The van der Waals surface area contributed by atoms with Crippen LogP contribution in [-0.2, 0) is 11.2 Å². The van der Waals surface area contributed by atoms with Crippen LogP contribution in [-0.4, -0.2) is 43.6 Å². The second-order valence-electron chi connectivity index (χ2n) is 6.58. The Morgan fingerprint density at radius 1 is 1.29 bits per heavy atom. The molecule has 4 N–H and O–H groups in total. The number of hydrogen-bond donors (Lipinski definition) is 3. The predicted molar refractivity (Wildman–Crippen MR) is 108 cm³/mol. The molecule has 0 aromatic carbocycles. The molecule has 0 radical (unpaired) electrons. The lowest BCUT2D eigenvalue weighted by Gasteiger charge is -2.22. The first-order valence-corrected chi connectivity index (χ1v) is 11.3. The molecule has 3 rings (SSSR count). The number of nitrogens with two attached hydrogens (primary N) is 1. The van der Waals surface area contributed by atoms with Crippen molar-refractivity contribution in [1.29, 1.82) is 0 Å². The lowest BCUT2D eigenvalue weighted by atomic mass is 9.95. The third-order valence-corrected chi connectivity index (χ3v) is 6.04. The number of carbonyl (C=O) groups is 1. The van der Waals surface area contributed by atoms with Gasteiger partial charge in [0.05, 0.1) is 5.75 Å². The van der Waals surface area contributed by atoms with Crippen LogP contribution < -0.4 is 16.6 Å². The van der Waals surface area contributed by atoms with E-state index in [4.69, 9.17) is 10.2 Å². The molecule has 2 heterocycles. The first kappa shape index (κ1) is 20.7. The normalized spacial score (nSPS) is 14.9. The molecule has 0 spiro atoms. The highest BCUT2D eigenvalue weighted by atomic mass is 32.2. The molecule has 2 aromatic rings. The average Bonchev–Trinajstić information content (AvgIpc) is 3.12. The summed E-state index contributed by atoms with van der Waals surface area (Å²) in [6.07, 6.45) is 7.16. The Morgan fingerprint density at radius 2 is 2.11 bits per heavy atom. The Balaban J connectivity index is 1.34. The number of H-pyrrole nitrogens is 1. The van der Waals surface area contributed by atoms with Crippen molar-refractivity contribution in [3.63, 3.8) is 0 Å². The van der Waals surface area contributed by atoms with Gasteiger partial charge in [0.15, 0.2) is 5.16 Å². The Hall–Kier alpha value is -2.01. The van der Waals surface area contributed by atoms with Crippen LogP contribution in [0.25, 0.3) is 0 Å². The third-order valence-electron chi connectivity index (χ3n) is 4.26. The van der Waals surface area contributed by atoms with Crippen LogP contribution in [0.15, 0.2) is 25.7 Å². The predicted octanol–water partition coefficient (Wildman–Crippen LogP) is 2.00. The molecule has 1 fully saturated rings. The maximum atomic E-state index is 12.0. The second-order valence-corrected chi connectivity index (χ2v) is 8.59. The number of anilines is 1. The lowest BCUT2D eigenvalue weighted by Crippen LogP contribution is -2.37. The Labute approximate surface area is 171 Å². The smallest absolute Gasteiger partial charge is 0.277 e. The highest BCUT2D eigenvalue weighted by Gasteiger charge is 2.16. The SMILES string of the molecule is Nc1cc(=O)[nH]c(SCCCc2nnc(SCC(=O)NC3CCCCC3)o2)n1. The monoisotopic (exact) mass is 424 g/mol. The summed E-state index contributed by atoms with van der Waals surface area (Å²) in [4.78, 5) is 30.0. The molecule has 11 heteroatoms. The maximum absolute atomic E-state index is 12.0. The van der Waals surface area contributed by atoms with Crippen molar-refractivity contribution >= 4 is 35.2 Å². The van der Waals surface area contributed by atoms with E-state index in [1.165, 1.54) is 48.9 Å². The van der Waals surface area contributed by atoms with E-state index in [9.17, 15) is 9.59 Å².